The molecular weight excluding hydrogens is 240 g/mol. The third-order valence-corrected chi connectivity index (χ3v) is 3.53. The molecule has 16 heavy (non-hydrogen) atoms. The highest BCUT2D eigenvalue weighted by atomic mass is 35.5. The first-order valence-electron chi connectivity index (χ1n) is 4.90. The highest BCUT2D eigenvalue weighted by Crippen LogP contribution is 2.32. The first-order valence-corrected chi connectivity index (χ1v) is 6.16. The topological polar surface area (TPSA) is 24.9 Å². The lowest BCUT2D eigenvalue weighted by atomic mass is 10.3. The van der Waals surface area contributed by atoms with E-state index in [-0.39, 0.29) is 0 Å². The number of aryl methyl sites for hydroxylation is 1. The van der Waals surface area contributed by atoms with Gasteiger partial charge in [0.05, 0.1) is 22.4 Å². The van der Waals surface area contributed by atoms with Crippen molar-refractivity contribution in [1.82, 2.24) is 4.98 Å². The molecule has 0 saturated carbocycles. The van der Waals surface area contributed by atoms with Crippen molar-refractivity contribution in [1.29, 1.82) is 0 Å². The Hall–Kier alpha value is -1.24. The second kappa shape index (κ2) is 4.73. The molecule has 0 aliphatic carbocycles. The second-order valence-electron chi connectivity index (χ2n) is 3.37. The molecule has 0 bridgehead atoms. The van der Waals surface area contributed by atoms with E-state index in [1.165, 1.54) is 0 Å². The summed E-state index contributed by atoms with van der Waals surface area (Å²) in [5.41, 5.74) is 3.15. The molecule has 0 atom stereocenters. The fraction of sp³-hybridized carbons (Fsp3) is 0.250. The Morgan fingerprint density at radius 1 is 1.56 bits per heavy atom. The predicted molar refractivity (Wildman–Crippen MR) is 71.3 cm³/mol. The first kappa shape index (κ1) is 11.3. The van der Waals surface area contributed by atoms with Crippen LogP contribution in [0.15, 0.2) is 11.4 Å². The van der Waals surface area contributed by atoms with Gasteiger partial charge in [-0.1, -0.05) is 17.5 Å². The zero-order valence-corrected chi connectivity index (χ0v) is 10.7. The number of nitrogens with zero attached hydrogens (tertiary/aromatic N) is 1. The van der Waals surface area contributed by atoms with Gasteiger partial charge in [0.2, 0.25) is 0 Å². The monoisotopic (exact) mass is 250 g/mol. The number of nitrogens with one attached hydrogen (secondary N) is 1. The molecule has 4 heteroatoms. The summed E-state index contributed by atoms with van der Waals surface area (Å²) < 4.78 is 1.14. The number of thiophene rings is 1. The van der Waals surface area contributed by atoms with E-state index in [9.17, 15) is 0 Å². The number of hydrogen-bond donors (Lipinski definition) is 1. The molecule has 0 fully saturated rings. The number of rotatable bonds is 2. The van der Waals surface area contributed by atoms with Crippen LogP contribution in [-0.2, 0) is 0 Å². The van der Waals surface area contributed by atoms with Gasteiger partial charge < -0.3 is 5.32 Å². The number of hydrogen-bond acceptors (Lipinski definition) is 3. The third kappa shape index (κ3) is 2.13. The third-order valence-electron chi connectivity index (χ3n) is 2.21. The maximum atomic E-state index is 5.98. The van der Waals surface area contributed by atoms with Crippen LogP contribution in [0.3, 0.4) is 0 Å². The van der Waals surface area contributed by atoms with E-state index < -0.39 is 0 Å². The molecule has 0 amide bonds. The summed E-state index contributed by atoms with van der Waals surface area (Å²) in [6, 6.07) is 1.84. The molecular formula is C12H11ClN2S. The number of anilines is 1. The van der Waals surface area contributed by atoms with Crippen molar-refractivity contribution in [2.24, 2.45) is 0 Å². The van der Waals surface area contributed by atoms with Gasteiger partial charge in [-0.15, -0.1) is 17.3 Å². The van der Waals surface area contributed by atoms with E-state index in [0.717, 1.165) is 21.5 Å². The van der Waals surface area contributed by atoms with E-state index in [1.54, 1.807) is 11.3 Å². The normalized spacial score (nSPS) is 9.94. The van der Waals surface area contributed by atoms with Gasteiger partial charge in [0.15, 0.2) is 0 Å². The fourth-order valence-electron chi connectivity index (χ4n) is 1.45. The van der Waals surface area contributed by atoms with Crippen LogP contribution in [0.25, 0.3) is 10.2 Å². The second-order valence-corrected chi connectivity index (χ2v) is 4.64. The van der Waals surface area contributed by atoms with Gasteiger partial charge in [-0.25, -0.2) is 4.98 Å². The Bertz CT molecular complexity index is 578. The SMILES string of the molecule is CC#CCNc1cc(Cl)nc2c(C)csc12. The smallest absolute Gasteiger partial charge is 0.131 e. The summed E-state index contributed by atoms with van der Waals surface area (Å²) in [6.45, 7) is 4.49. The molecule has 0 spiro atoms. The molecule has 0 aliphatic heterocycles. The van der Waals surface area contributed by atoms with Crippen molar-refractivity contribution in [3.63, 3.8) is 0 Å². The Balaban J connectivity index is 2.45. The van der Waals surface area contributed by atoms with Crippen molar-refractivity contribution >= 4 is 38.8 Å². The van der Waals surface area contributed by atoms with Crippen LogP contribution in [0, 0.1) is 18.8 Å². The highest BCUT2D eigenvalue weighted by molar-refractivity contribution is 7.18. The van der Waals surface area contributed by atoms with Crippen molar-refractivity contribution < 1.29 is 0 Å². The van der Waals surface area contributed by atoms with Crippen molar-refractivity contribution in [2.45, 2.75) is 13.8 Å². The van der Waals surface area contributed by atoms with E-state index in [4.69, 9.17) is 11.6 Å². The average molecular weight is 251 g/mol. The lowest BCUT2D eigenvalue weighted by molar-refractivity contribution is 1.35. The molecule has 0 aromatic carbocycles. The number of aromatic nitrogens is 1. The van der Waals surface area contributed by atoms with Crippen molar-refractivity contribution in [3.8, 4) is 11.8 Å². The van der Waals surface area contributed by atoms with Gasteiger partial charge >= 0.3 is 0 Å². The highest BCUT2D eigenvalue weighted by Gasteiger charge is 2.08. The van der Waals surface area contributed by atoms with Crippen LogP contribution < -0.4 is 5.32 Å². The van der Waals surface area contributed by atoms with Crippen molar-refractivity contribution in [3.05, 3.63) is 22.2 Å². The quantitative estimate of drug-likeness (QED) is 0.650. The summed E-state index contributed by atoms with van der Waals surface area (Å²) in [5.74, 6) is 5.82. The largest absolute Gasteiger partial charge is 0.373 e. The van der Waals surface area contributed by atoms with Gasteiger partial charge in [0.25, 0.3) is 0 Å². The minimum absolute atomic E-state index is 0.515. The molecule has 0 radical (unpaired) electrons. The van der Waals surface area contributed by atoms with Crippen LogP contribution in [0.5, 0.6) is 0 Å². The maximum Gasteiger partial charge on any atom is 0.131 e. The Morgan fingerprint density at radius 2 is 2.38 bits per heavy atom. The Labute approximate surface area is 104 Å². The van der Waals surface area contributed by atoms with Gasteiger partial charge in [0, 0.05) is 6.07 Å². The Morgan fingerprint density at radius 3 is 3.12 bits per heavy atom. The Kier molecular flexibility index (Phi) is 3.33. The summed E-state index contributed by atoms with van der Waals surface area (Å²) in [4.78, 5) is 4.32. The molecule has 0 aliphatic rings. The number of halogens is 1. The average Bonchev–Trinajstić information content (AvgIpc) is 2.61. The zero-order valence-electron chi connectivity index (χ0n) is 9.10. The van der Waals surface area contributed by atoms with E-state index in [0.29, 0.717) is 11.7 Å². The standard InChI is InChI=1S/C12H11ClN2S/c1-3-4-5-14-9-6-10(13)15-11-8(2)7-16-12(9)11/h6-7H,5H2,1-2H3,(H,14,15). The maximum absolute atomic E-state index is 5.98. The molecule has 82 valence electrons. The molecule has 2 aromatic heterocycles. The molecule has 1 N–H and O–H groups in total. The minimum Gasteiger partial charge on any atom is -0.373 e. The van der Waals surface area contributed by atoms with E-state index >= 15 is 0 Å². The van der Waals surface area contributed by atoms with Gasteiger partial charge in [-0.2, -0.15) is 0 Å². The van der Waals surface area contributed by atoms with Gasteiger partial charge in [-0.3, -0.25) is 0 Å². The predicted octanol–water partition coefficient (Wildman–Crippen LogP) is 3.69. The summed E-state index contributed by atoms with van der Waals surface area (Å²) in [6.07, 6.45) is 0. The first-order chi connectivity index (χ1) is 7.72. The fourth-order valence-corrected chi connectivity index (χ4v) is 2.63. The lowest BCUT2D eigenvalue weighted by Crippen LogP contribution is -1.99. The van der Waals surface area contributed by atoms with Crippen LogP contribution in [0.1, 0.15) is 12.5 Å². The summed E-state index contributed by atoms with van der Waals surface area (Å²) >= 11 is 7.66. The van der Waals surface area contributed by atoms with Crippen LogP contribution >= 0.6 is 22.9 Å². The van der Waals surface area contributed by atoms with Crippen LogP contribution in [0.2, 0.25) is 5.15 Å². The van der Waals surface area contributed by atoms with Crippen LogP contribution in [0.4, 0.5) is 5.69 Å². The zero-order chi connectivity index (χ0) is 11.5. The molecule has 0 saturated heterocycles. The van der Waals surface area contributed by atoms with Gasteiger partial charge in [0.1, 0.15) is 5.15 Å². The summed E-state index contributed by atoms with van der Waals surface area (Å²) in [7, 11) is 0. The van der Waals surface area contributed by atoms with E-state index in [1.807, 2.05) is 19.9 Å². The van der Waals surface area contributed by atoms with E-state index in [2.05, 4.69) is 27.5 Å². The summed E-state index contributed by atoms with van der Waals surface area (Å²) in [5, 5.41) is 5.86. The molecule has 2 nitrogen and oxygen atoms in total. The molecule has 0 unspecified atom stereocenters. The molecule has 2 rings (SSSR count). The number of fused-ring (bicyclic) bond motifs is 1. The molecule has 2 aromatic rings. The minimum atomic E-state index is 0.515. The molecule has 2 heterocycles. The lowest BCUT2D eigenvalue weighted by Gasteiger charge is -2.04. The van der Waals surface area contributed by atoms with Gasteiger partial charge in [-0.05, 0) is 24.8 Å². The van der Waals surface area contributed by atoms with Crippen LogP contribution in [-0.4, -0.2) is 11.5 Å². The van der Waals surface area contributed by atoms with Crippen molar-refractivity contribution in [2.75, 3.05) is 11.9 Å². The number of pyridine rings is 1.